The van der Waals surface area contributed by atoms with E-state index >= 15 is 0 Å². The number of aromatic nitrogens is 3. The summed E-state index contributed by atoms with van der Waals surface area (Å²) in [6.07, 6.45) is 6.51. The van der Waals surface area contributed by atoms with Crippen molar-refractivity contribution in [3.63, 3.8) is 0 Å². The first-order chi connectivity index (χ1) is 19.7. The van der Waals surface area contributed by atoms with Crippen molar-refractivity contribution in [1.82, 2.24) is 19.3 Å². The number of hydrogen-bond donors (Lipinski definition) is 2. The second-order valence-electron chi connectivity index (χ2n) is 9.52. The van der Waals surface area contributed by atoms with Crippen molar-refractivity contribution in [3.8, 4) is 17.2 Å². The maximum absolute atomic E-state index is 13.8. The zero-order valence-electron chi connectivity index (χ0n) is 22.9. The van der Waals surface area contributed by atoms with E-state index in [1.54, 1.807) is 55.8 Å². The van der Waals surface area contributed by atoms with Gasteiger partial charge in [0.2, 0.25) is 15.9 Å². The Labute approximate surface area is 237 Å². The molecule has 5 rings (SSSR count). The molecule has 0 radical (unpaired) electrons. The van der Waals surface area contributed by atoms with Crippen LogP contribution in [0, 0.1) is 6.92 Å². The van der Waals surface area contributed by atoms with E-state index in [0.717, 1.165) is 10.9 Å². The number of aryl methyl sites for hydroxylation is 1. The highest BCUT2D eigenvalue weighted by Gasteiger charge is 2.23. The molecule has 1 amide bonds. The van der Waals surface area contributed by atoms with Crippen LogP contribution in [0.2, 0.25) is 0 Å². The summed E-state index contributed by atoms with van der Waals surface area (Å²) in [7, 11) is -3.95. The lowest BCUT2D eigenvalue weighted by Gasteiger charge is -2.13. The Hall–Kier alpha value is -4.64. The van der Waals surface area contributed by atoms with E-state index in [-0.39, 0.29) is 12.0 Å². The molecule has 212 valence electrons. The number of nitrogens with zero attached hydrogens (tertiary/aromatic N) is 2. The molecule has 0 spiro atoms. The van der Waals surface area contributed by atoms with Gasteiger partial charge in [-0.3, -0.25) is 23.9 Å². The van der Waals surface area contributed by atoms with Crippen LogP contribution in [0.25, 0.3) is 27.4 Å². The minimum absolute atomic E-state index is 0.0985. The first-order valence-electron chi connectivity index (χ1n) is 13.2. The lowest BCUT2D eigenvalue weighted by Crippen LogP contribution is -2.32. The highest BCUT2D eigenvalue weighted by atomic mass is 32.2. The molecule has 2 aromatic carbocycles. The number of nitrogens with one attached hydrogen (secondary N) is 2. The largest absolute Gasteiger partial charge is 0.492 e. The molecule has 5 aromatic rings. The summed E-state index contributed by atoms with van der Waals surface area (Å²) in [5.41, 5.74) is 2.81. The molecule has 0 saturated carbocycles. The molecule has 0 aliphatic carbocycles. The van der Waals surface area contributed by atoms with Crippen molar-refractivity contribution >= 4 is 37.6 Å². The fraction of sp³-hybridized carbons (Fsp3) is 0.233. The molecule has 2 N–H and O–H groups in total. The number of ether oxygens (including phenoxy) is 2. The molecule has 11 heteroatoms. The number of hydrogen-bond acceptors (Lipinski definition) is 7. The molecular weight excluding hydrogens is 544 g/mol. The lowest BCUT2D eigenvalue weighted by molar-refractivity contribution is -0.118. The Balaban J connectivity index is 1.49. The highest BCUT2D eigenvalue weighted by Crippen LogP contribution is 2.41. The van der Waals surface area contributed by atoms with Gasteiger partial charge in [0.1, 0.15) is 5.75 Å². The summed E-state index contributed by atoms with van der Waals surface area (Å²) in [4.78, 5) is 33.3. The number of benzene rings is 2. The molecule has 3 aromatic heterocycles. The number of carbonyl (C=O) groups is 1. The van der Waals surface area contributed by atoms with Gasteiger partial charge in [-0.25, -0.2) is 8.42 Å². The van der Waals surface area contributed by atoms with Gasteiger partial charge >= 0.3 is 0 Å². The number of H-pyrrole nitrogens is 1. The minimum Gasteiger partial charge on any atom is -0.492 e. The Morgan fingerprint density at radius 2 is 1.80 bits per heavy atom. The van der Waals surface area contributed by atoms with Crippen LogP contribution in [-0.4, -0.2) is 42.1 Å². The molecular formula is C30H30N4O6S. The number of carbonyl (C=O) groups excluding carboxylic acids is 1. The lowest BCUT2D eigenvalue weighted by atomic mass is 10.1. The summed E-state index contributed by atoms with van der Waals surface area (Å²) in [5.74, 6) is -0.000393. The number of pyridine rings is 2. The predicted octanol–water partition coefficient (Wildman–Crippen LogP) is 4.16. The molecule has 0 fully saturated rings. The van der Waals surface area contributed by atoms with Crippen molar-refractivity contribution in [3.05, 3.63) is 94.3 Å². The first kappa shape index (κ1) is 27.9. The number of sulfonamides is 1. The van der Waals surface area contributed by atoms with E-state index < -0.39 is 21.7 Å². The van der Waals surface area contributed by atoms with Gasteiger partial charge in [0.15, 0.2) is 5.75 Å². The SMILES string of the molecule is CCOc1c2cn(-c3ccc(CS(=O)(=O)NC(=O)Cc4cccnc4)cc3C)c(=O)c2c(OCC)c2ccc[nH]c12. The van der Waals surface area contributed by atoms with Crippen LogP contribution in [0.15, 0.2) is 72.0 Å². The summed E-state index contributed by atoms with van der Waals surface area (Å²) in [5, 5.41) is 1.76. The molecule has 0 saturated heterocycles. The van der Waals surface area contributed by atoms with Crippen molar-refractivity contribution in [2.45, 2.75) is 32.9 Å². The Morgan fingerprint density at radius 1 is 1.02 bits per heavy atom. The number of amides is 1. The highest BCUT2D eigenvalue weighted by molar-refractivity contribution is 7.89. The average Bonchev–Trinajstić information content (AvgIpc) is 3.27. The maximum atomic E-state index is 13.8. The molecule has 41 heavy (non-hydrogen) atoms. The molecule has 0 aliphatic heterocycles. The van der Waals surface area contributed by atoms with Gasteiger partial charge in [0.25, 0.3) is 5.56 Å². The van der Waals surface area contributed by atoms with E-state index in [1.165, 1.54) is 10.8 Å². The fourth-order valence-corrected chi connectivity index (χ4v) is 6.07. The van der Waals surface area contributed by atoms with Gasteiger partial charge in [0, 0.05) is 30.2 Å². The molecule has 0 unspecified atom stereocenters. The quantitative estimate of drug-likeness (QED) is 0.256. The van der Waals surface area contributed by atoms with Crippen LogP contribution < -0.4 is 19.8 Å². The Kier molecular flexibility index (Phi) is 7.80. The number of rotatable bonds is 10. The van der Waals surface area contributed by atoms with E-state index in [0.29, 0.717) is 57.9 Å². The van der Waals surface area contributed by atoms with Gasteiger partial charge in [-0.05, 0) is 61.7 Å². The van der Waals surface area contributed by atoms with Crippen molar-refractivity contribution in [1.29, 1.82) is 0 Å². The van der Waals surface area contributed by atoms with Crippen LogP contribution in [0.5, 0.6) is 11.5 Å². The van der Waals surface area contributed by atoms with Crippen LogP contribution >= 0.6 is 0 Å². The average molecular weight is 575 g/mol. The van der Waals surface area contributed by atoms with Crippen LogP contribution in [0.1, 0.15) is 30.5 Å². The predicted molar refractivity (Wildman–Crippen MR) is 157 cm³/mol. The normalized spacial score (nSPS) is 11.6. The van der Waals surface area contributed by atoms with E-state index in [1.807, 2.05) is 26.0 Å². The van der Waals surface area contributed by atoms with Crippen LogP contribution in [0.3, 0.4) is 0 Å². The smallest absolute Gasteiger partial charge is 0.266 e. The standard InChI is InChI=1S/C30H30N4O6S/c1-4-39-28-22-9-7-13-32-27(22)29(40-5-2)23-17-34(30(36)26(23)28)24-11-10-21(14-19(24)3)18-41(37,38)33-25(35)15-20-8-6-12-31-16-20/h6-14,16-17,32H,4-5,15,18H2,1-3H3,(H,33,35). The van der Waals surface area contributed by atoms with Gasteiger partial charge in [-0.15, -0.1) is 0 Å². The molecule has 0 bridgehead atoms. The van der Waals surface area contributed by atoms with Gasteiger partial charge in [-0.2, -0.15) is 0 Å². The first-order valence-corrected chi connectivity index (χ1v) is 14.8. The summed E-state index contributed by atoms with van der Waals surface area (Å²) >= 11 is 0. The monoisotopic (exact) mass is 574 g/mol. The summed E-state index contributed by atoms with van der Waals surface area (Å²) < 4.78 is 41.1. The van der Waals surface area contributed by atoms with E-state index in [9.17, 15) is 18.0 Å². The topological polar surface area (TPSA) is 132 Å². The van der Waals surface area contributed by atoms with Crippen LogP contribution in [0.4, 0.5) is 0 Å². The molecule has 0 atom stereocenters. The Bertz CT molecular complexity index is 1910. The minimum atomic E-state index is -3.95. The van der Waals surface area contributed by atoms with Gasteiger partial charge in [-0.1, -0.05) is 18.2 Å². The number of aromatic amines is 1. The van der Waals surface area contributed by atoms with Crippen molar-refractivity contribution in [2.75, 3.05) is 13.2 Å². The fourth-order valence-electron chi connectivity index (χ4n) is 4.96. The third-order valence-corrected chi connectivity index (χ3v) is 7.82. The van der Waals surface area contributed by atoms with E-state index in [2.05, 4.69) is 14.7 Å². The van der Waals surface area contributed by atoms with Crippen molar-refractivity contribution in [2.24, 2.45) is 0 Å². The summed E-state index contributed by atoms with van der Waals surface area (Å²) in [6.45, 7) is 6.32. The number of fused-ring (bicyclic) bond motifs is 2. The zero-order valence-corrected chi connectivity index (χ0v) is 23.7. The summed E-state index contributed by atoms with van der Waals surface area (Å²) in [6, 6.07) is 12.1. The maximum Gasteiger partial charge on any atom is 0.266 e. The van der Waals surface area contributed by atoms with Gasteiger partial charge < -0.3 is 14.5 Å². The third kappa shape index (κ3) is 5.66. The van der Waals surface area contributed by atoms with Crippen molar-refractivity contribution < 1.29 is 22.7 Å². The zero-order chi connectivity index (χ0) is 29.1. The second kappa shape index (κ2) is 11.5. The molecule has 3 heterocycles. The second-order valence-corrected chi connectivity index (χ2v) is 11.2. The third-order valence-electron chi connectivity index (χ3n) is 6.57. The van der Waals surface area contributed by atoms with Crippen LogP contribution in [-0.2, 0) is 27.0 Å². The molecule has 10 nitrogen and oxygen atoms in total. The van der Waals surface area contributed by atoms with Gasteiger partial charge in [0.05, 0.1) is 47.4 Å². The molecule has 0 aliphatic rings. The van der Waals surface area contributed by atoms with E-state index in [4.69, 9.17) is 9.47 Å². The Morgan fingerprint density at radius 3 is 2.51 bits per heavy atom.